The van der Waals surface area contributed by atoms with E-state index >= 15 is 0 Å². The second kappa shape index (κ2) is 5.53. The third kappa shape index (κ3) is 2.56. The lowest BCUT2D eigenvalue weighted by Gasteiger charge is -2.38. The lowest BCUT2D eigenvalue weighted by Crippen LogP contribution is -2.47. The maximum absolute atomic E-state index is 12.1. The van der Waals surface area contributed by atoms with Gasteiger partial charge in [0.1, 0.15) is 11.4 Å². The number of hydrogen-bond donors (Lipinski definition) is 0. The molecule has 3 nitrogen and oxygen atoms in total. The lowest BCUT2D eigenvalue weighted by atomic mass is 9.75. The summed E-state index contributed by atoms with van der Waals surface area (Å²) >= 11 is 0. The zero-order valence-corrected chi connectivity index (χ0v) is 11.1. The minimum absolute atomic E-state index is 0.243. The van der Waals surface area contributed by atoms with Crippen LogP contribution in [0.15, 0.2) is 24.3 Å². The average Bonchev–Trinajstić information content (AvgIpc) is 2.36. The lowest BCUT2D eigenvalue weighted by molar-refractivity contribution is -0.151. The largest absolute Gasteiger partial charge is 0.497 e. The summed E-state index contributed by atoms with van der Waals surface area (Å²) in [6.45, 7) is 0. The Balaban J connectivity index is 1.88. The number of hydrogen-bond acceptors (Lipinski definition) is 3. The van der Waals surface area contributed by atoms with E-state index in [1.165, 1.54) is 0 Å². The fraction of sp³-hybridized carbons (Fsp3) is 0.533. The SMILES string of the molecule is COc1ccc(CCC(=O)C2(OC)CCC2)cc1. The smallest absolute Gasteiger partial charge is 0.164 e. The van der Waals surface area contributed by atoms with Crippen LogP contribution in [-0.4, -0.2) is 25.6 Å². The van der Waals surface area contributed by atoms with Gasteiger partial charge in [0.15, 0.2) is 5.78 Å². The average molecular weight is 248 g/mol. The van der Waals surface area contributed by atoms with E-state index in [1.54, 1.807) is 14.2 Å². The fourth-order valence-electron chi connectivity index (χ4n) is 2.37. The first kappa shape index (κ1) is 13.1. The van der Waals surface area contributed by atoms with Crippen LogP contribution in [0.2, 0.25) is 0 Å². The summed E-state index contributed by atoms with van der Waals surface area (Å²) in [6, 6.07) is 7.86. The number of benzene rings is 1. The Hall–Kier alpha value is -1.35. The zero-order valence-electron chi connectivity index (χ0n) is 11.1. The van der Waals surface area contributed by atoms with Crippen molar-refractivity contribution in [2.24, 2.45) is 0 Å². The molecule has 1 aromatic carbocycles. The number of ketones is 1. The van der Waals surface area contributed by atoms with Crippen molar-refractivity contribution in [1.82, 2.24) is 0 Å². The van der Waals surface area contributed by atoms with Crippen LogP contribution < -0.4 is 4.74 Å². The fourth-order valence-corrected chi connectivity index (χ4v) is 2.37. The molecule has 1 saturated carbocycles. The Morgan fingerprint density at radius 3 is 2.33 bits per heavy atom. The van der Waals surface area contributed by atoms with Crippen molar-refractivity contribution >= 4 is 5.78 Å². The highest BCUT2D eigenvalue weighted by atomic mass is 16.5. The topological polar surface area (TPSA) is 35.5 Å². The zero-order chi connectivity index (χ0) is 13.0. The quantitative estimate of drug-likeness (QED) is 0.776. The van der Waals surface area contributed by atoms with Crippen LogP contribution in [0.4, 0.5) is 0 Å². The van der Waals surface area contributed by atoms with E-state index in [1.807, 2.05) is 24.3 Å². The molecule has 0 saturated heterocycles. The Morgan fingerprint density at radius 1 is 1.22 bits per heavy atom. The van der Waals surface area contributed by atoms with E-state index in [-0.39, 0.29) is 5.78 Å². The van der Waals surface area contributed by atoms with Crippen molar-refractivity contribution in [3.63, 3.8) is 0 Å². The van der Waals surface area contributed by atoms with Crippen molar-refractivity contribution in [3.05, 3.63) is 29.8 Å². The van der Waals surface area contributed by atoms with Gasteiger partial charge in [0.2, 0.25) is 0 Å². The molecule has 0 aliphatic heterocycles. The molecule has 1 aliphatic rings. The molecule has 0 amide bonds. The maximum Gasteiger partial charge on any atom is 0.164 e. The molecule has 0 atom stereocenters. The summed E-state index contributed by atoms with van der Waals surface area (Å²) in [5.41, 5.74) is 0.696. The number of ether oxygens (including phenoxy) is 2. The second-order valence-electron chi connectivity index (χ2n) is 4.82. The summed E-state index contributed by atoms with van der Waals surface area (Å²) in [4.78, 5) is 12.1. The third-order valence-corrected chi connectivity index (χ3v) is 3.86. The molecule has 0 bridgehead atoms. The number of Topliss-reactive ketones (excluding diaryl/α,β-unsaturated/α-hetero) is 1. The van der Waals surface area contributed by atoms with Gasteiger partial charge in [-0.2, -0.15) is 0 Å². The highest BCUT2D eigenvalue weighted by molar-refractivity contribution is 5.88. The number of carbonyl (C=O) groups excluding carboxylic acids is 1. The summed E-state index contributed by atoms with van der Waals surface area (Å²) in [5, 5.41) is 0. The van der Waals surface area contributed by atoms with E-state index in [0.717, 1.165) is 37.0 Å². The van der Waals surface area contributed by atoms with Gasteiger partial charge >= 0.3 is 0 Å². The Morgan fingerprint density at radius 2 is 1.89 bits per heavy atom. The van der Waals surface area contributed by atoms with E-state index in [0.29, 0.717) is 6.42 Å². The van der Waals surface area contributed by atoms with Gasteiger partial charge in [0.25, 0.3) is 0 Å². The van der Waals surface area contributed by atoms with Gasteiger partial charge in [-0.1, -0.05) is 12.1 Å². The molecule has 1 aromatic rings. The van der Waals surface area contributed by atoms with Crippen molar-refractivity contribution in [2.75, 3.05) is 14.2 Å². The molecule has 18 heavy (non-hydrogen) atoms. The monoisotopic (exact) mass is 248 g/mol. The number of rotatable bonds is 6. The minimum atomic E-state index is -0.466. The molecule has 0 spiro atoms. The normalized spacial score (nSPS) is 17.0. The molecule has 0 N–H and O–H groups in total. The van der Waals surface area contributed by atoms with Crippen molar-refractivity contribution in [1.29, 1.82) is 0 Å². The highest BCUT2D eigenvalue weighted by Gasteiger charge is 2.43. The van der Waals surface area contributed by atoms with Gasteiger partial charge in [0.05, 0.1) is 7.11 Å². The number of methoxy groups -OCH3 is 2. The van der Waals surface area contributed by atoms with Crippen molar-refractivity contribution in [3.8, 4) is 5.75 Å². The van der Waals surface area contributed by atoms with Crippen LogP contribution in [0.1, 0.15) is 31.2 Å². The molecule has 0 radical (unpaired) electrons. The maximum atomic E-state index is 12.1. The molecule has 2 rings (SSSR count). The van der Waals surface area contributed by atoms with E-state index < -0.39 is 5.60 Å². The summed E-state index contributed by atoms with van der Waals surface area (Å²) in [6.07, 6.45) is 4.19. The van der Waals surface area contributed by atoms with E-state index in [9.17, 15) is 4.79 Å². The Kier molecular flexibility index (Phi) is 4.02. The van der Waals surface area contributed by atoms with Crippen LogP contribution in [0.25, 0.3) is 0 Å². The molecule has 0 heterocycles. The van der Waals surface area contributed by atoms with Gasteiger partial charge in [0, 0.05) is 13.5 Å². The molecule has 98 valence electrons. The van der Waals surface area contributed by atoms with Crippen LogP contribution in [0.3, 0.4) is 0 Å². The minimum Gasteiger partial charge on any atom is -0.497 e. The summed E-state index contributed by atoms with van der Waals surface area (Å²) in [7, 11) is 3.29. The second-order valence-corrected chi connectivity index (χ2v) is 4.82. The number of carbonyl (C=O) groups is 1. The Labute approximate surface area is 108 Å². The highest BCUT2D eigenvalue weighted by Crippen LogP contribution is 2.36. The first-order valence-corrected chi connectivity index (χ1v) is 6.41. The van der Waals surface area contributed by atoms with Crippen molar-refractivity contribution in [2.45, 2.75) is 37.7 Å². The molecular weight excluding hydrogens is 228 g/mol. The van der Waals surface area contributed by atoms with Gasteiger partial charge in [-0.3, -0.25) is 4.79 Å². The van der Waals surface area contributed by atoms with Crippen LogP contribution in [0.5, 0.6) is 5.75 Å². The third-order valence-electron chi connectivity index (χ3n) is 3.86. The summed E-state index contributed by atoms with van der Waals surface area (Å²) < 4.78 is 10.5. The van der Waals surface area contributed by atoms with E-state index in [4.69, 9.17) is 9.47 Å². The molecular formula is C15H20O3. The number of aryl methyl sites for hydroxylation is 1. The molecule has 1 fully saturated rings. The van der Waals surface area contributed by atoms with Gasteiger partial charge in [-0.25, -0.2) is 0 Å². The van der Waals surface area contributed by atoms with Gasteiger partial charge in [-0.15, -0.1) is 0 Å². The predicted octanol–water partition coefficient (Wildman–Crippen LogP) is 2.77. The van der Waals surface area contributed by atoms with Crippen molar-refractivity contribution < 1.29 is 14.3 Å². The summed E-state index contributed by atoms with van der Waals surface area (Å²) in [5.74, 6) is 1.09. The Bertz CT molecular complexity index is 399. The molecule has 3 heteroatoms. The van der Waals surface area contributed by atoms with E-state index in [2.05, 4.69) is 0 Å². The van der Waals surface area contributed by atoms with Crippen LogP contribution in [0, 0.1) is 0 Å². The predicted molar refractivity (Wildman–Crippen MR) is 69.9 cm³/mol. The van der Waals surface area contributed by atoms with Crippen LogP contribution in [-0.2, 0) is 16.0 Å². The van der Waals surface area contributed by atoms with Crippen LogP contribution >= 0.6 is 0 Å². The molecule has 0 aromatic heterocycles. The standard InChI is InChI=1S/C15H20O3/c1-17-13-7-4-12(5-8-13)6-9-14(16)15(18-2)10-3-11-15/h4-5,7-8H,3,6,9-11H2,1-2H3. The molecule has 1 aliphatic carbocycles. The van der Waals surface area contributed by atoms with Gasteiger partial charge < -0.3 is 9.47 Å². The van der Waals surface area contributed by atoms with Gasteiger partial charge in [-0.05, 0) is 43.4 Å². The first-order valence-electron chi connectivity index (χ1n) is 6.41. The molecule has 0 unspecified atom stereocenters. The first-order chi connectivity index (χ1) is 8.70.